The van der Waals surface area contributed by atoms with E-state index < -0.39 is 0 Å². The molecule has 78 valence electrons. The van der Waals surface area contributed by atoms with Gasteiger partial charge in [0, 0.05) is 13.5 Å². The van der Waals surface area contributed by atoms with E-state index in [0.29, 0.717) is 6.42 Å². The lowest BCUT2D eigenvalue weighted by Crippen LogP contribution is -2.18. The predicted octanol–water partition coefficient (Wildman–Crippen LogP) is 1.29. The predicted molar refractivity (Wildman–Crippen MR) is 55.7 cm³/mol. The molecule has 0 atom stereocenters. The summed E-state index contributed by atoms with van der Waals surface area (Å²) in [4.78, 5) is 10.8. The van der Waals surface area contributed by atoms with Crippen LogP contribution in [-0.4, -0.2) is 26.0 Å². The quantitative estimate of drug-likeness (QED) is 0.561. The minimum absolute atomic E-state index is 0.154. The average Bonchev–Trinajstić information content (AvgIpc) is 2.16. The number of nitrogens with one attached hydrogen (secondary N) is 2. The van der Waals surface area contributed by atoms with Crippen molar-refractivity contribution < 1.29 is 4.79 Å². The first kappa shape index (κ1) is 12.4. The van der Waals surface area contributed by atoms with Crippen LogP contribution in [0.3, 0.4) is 0 Å². The highest BCUT2D eigenvalue weighted by Crippen LogP contribution is 1.98. The van der Waals surface area contributed by atoms with Gasteiger partial charge in [0.25, 0.3) is 0 Å². The highest BCUT2D eigenvalue weighted by Gasteiger charge is 1.96. The zero-order chi connectivity index (χ0) is 9.94. The molecular weight excluding hydrogens is 164 g/mol. The molecule has 0 saturated heterocycles. The first-order valence-corrected chi connectivity index (χ1v) is 5.22. The number of unbranched alkanes of at least 4 members (excludes halogenated alkanes) is 2. The Kier molecular flexibility index (Phi) is 9.10. The third kappa shape index (κ3) is 9.34. The van der Waals surface area contributed by atoms with Gasteiger partial charge in [0.05, 0.1) is 0 Å². The van der Waals surface area contributed by atoms with Crippen LogP contribution in [-0.2, 0) is 4.79 Å². The van der Waals surface area contributed by atoms with E-state index in [2.05, 4.69) is 17.6 Å². The van der Waals surface area contributed by atoms with Crippen molar-refractivity contribution in [2.24, 2.45) is 0 Å². The highest BCUT2D eigenvalue weighted by molar-refractivity contribution is 5.75. The van der Waals surface area contributed by atoms with Crippen molar-refractivity contribution in [1.82, 2.24) is 10.6 Å². The molecule has 0 aliphatic heterocycles. The topological polar surface area (TPSA) is 41.1 Å². The molecule has 0 saturated carbocycles. The summed E-state index contributed by atoms with van der Waals surface area (Å²) < 4.78 is 0. The second-order valence-corrected chi connectivity index (χ2v) is 3.23. The van der Waals surface area contributed by atoms with Crippen LogP contribution in [0, 0.1) is 0 Å². The number of amides is 1. The summed E-state index contributed by atoms with van der Waals surface area (Å²) in [6.07, 6.45) is 5.19. The van der Waals surface area contributed by atoms with Gasteiger partial charge in [-0.05, 0) is 32.4 Å². The molecule has 0 rings (SSSR count). The summed E-state index contributed by atoms with van der Waals surface area (Å²) >= 11 is 0. The van der Waals surface area contributed by atoms with Gasteiger partial charge in [-0.1, -0.05) is 13.3 Å². The molecule has 2 N–H and O–H groups in total. The summed E-state index contributed by atoms with van der Waals surface area (Å²) in [5.74, 6) is 0.154. The first-order chi connectivity index (χ1) is 6.31. The maximum absolute atomic E-state index is 10.8. The zero-order valence-electron chi connectivity index (χ0n) is 8.86. The van der Waals surface area contributed by atoms with Crippen molar-refractivity contribution in [2.75, 3.05) is 20.1 Å². The second kappa shape index (κ2) is 9.52. The van der Waals surface area contributed by atoms with Crippen molar-refractivity contribution in [1.29, 1.82) is 0 Å². The molecule has 0 radical (unpaired) electrons. The molecule has 0 unspecified atom stereocenters. The Morgan fingerprint density at radius 2 is 1.92 bits per heavy atom. The van der Waals surface area contributed by atoms with Gasteiger partial charge in [0.1, 0.15) is 0 Å². The SMILES string of the molecule is CCCNCCCCCC(=O)NC. The average molecular weight is 186 g/mol. The van der Waals surface area contributed by atoms with Crippen molar-refractivity contribution in [2.45, 2.75) is 39.0 Å². The maximum atomic E-state index is 10.8. The van der Waals surface area contributed by atoms with E-state index >= 15 is 0 Å². The Hall–Kier alpha value is -0.570. The van der Waals surface area contributed by atoms with Crippen LogP contribution in [0.15, 0.2) is 0 Å². The summed E-state index contributed by atoms with van der Waals surface area (Å²) in [5, 5.41) is 5.96. The normalized spacial score (nSPS) is 10.0. The van der Waals surface area contributed by atoms with Crippen LogP contribution in [0.25, 0.3) is 0 Å². The third-order valence-corrected chi connectivity index (χ3v) is 1.96. The van der Waals surface area contributed by atoms with E-state index in [4.69, 9.17) is 0 Å². The molecular formula is C10H22N2O. The van der Waals surface area contributed by atoms with Gasteiger partial charge in [-0.15, -0.1) is 0 Å². The first-order valence-electron chi connectivity index (χ1n) is 5.22. The van der Waals surface area contributed by atoms with Crippen molar-refractivity contribution >= 4 is 5.91 Å². The van der Waals surface area contributed by atoms with Gasteiger partial charge >= 0.3 is 0 Å². The van der Waals surface area contributed by atoms with Crippen molar-refractivity contribution in [3.05, 3.63) is 0 Å². The standard InChI is InChI=1S/C10H22N2O/c1-3-8-12-9-6-4-5-7-10(13)11-2/h12H,3-9H2,1-2H3,(H,11,13). The minimum atomic E-state index is 0.154. The lowest BCUT2D eigenvalue weighted by atomic mass is 10.2. The molecule has 3 nitrogen and oxygen atoms in total. The van der Waals surface area contributed by atoms with E-state index in [1.165, 1.54) is 12.8 Å². The Morgan fingerprint density at radius 3 is 2.54 bits per heavy atom. The molecule has 0 bridgehead atoms. The van der Waals surface area contributed by atoms with Gasteiger partial charge in [-0.25, -0.2) is 0 Å². The molecule has 0 spiro atoms. The summed E-state index contributed by atoms with van der Waals surface area (Å²) in [6.45, 7) is 4.36. The van der Waals surface area contributed by atoms with Gasteiger partial charge in [0.2, 0.25) is 5.91 Å². The van der Waals surface area contributed by atoms with Crippen LogP contribution in [0.2, 0.25) is 0 Å². The Morgan fingerprint density at radius 1 is 1.15 bits per heavy atom. The number of rotatable bonds is 8. The summed E-state index contributed by atoms with van der Waals surface area (Å²) in [5.41, 5.74) is 0. The van der Waals surface area contributed by atoms with Crippen LogP contribution in [0.1, 0.15) is 39.0 Å². The maximum Gasteiger partial charge on any atom is 0.219 e. The lowest BCUT2D eigenvalue weighted by Gasteiger charge is -2.02. The van der Waals surface area contributed by atoms with Crippen LogP contribution in [0.5, 0.6) is 0 Å². The number of carbonyl (C=O) groups is 1. The second-order valence-electron chi connectivity index (χ2n) is 3.23. The lowest BCUT2D eigenvalue weighted by molar-refractivity contribution is -0.120. The smallest absolute Gasteiger partial charge is 0.219 e. The van der Waals surface area contributed by atoms with Crippen LogP contribution < -0.4 is 10.6 Å². The molecule has 0 aliphatic rings. The van der Waals surface area contributed by atoms with Crippen molar-refractivity contribution in [3.63, 3.8) is 0 Å². The van der Waals surface area contributed by atoms with Crippen LogP contribution >= 0.6 is 0 Å². The summed E-state index contributed by atoms with van der Waals surface area (Å²) in [6, 6.07) is 0. The number of hydrogen-bond donors (Lipinski definition) is 2. The largest absolute Gasteiger partial charge is 0.359 e. The molecule has 3 heteroatoms. The fourth-order valence-electron chi connectivity index (χ4n) is 1.14. The summed E-state index contributed by atoms with van der Waals surface area (Å²) in [7, 11) is 1.69. The van der Waals surface area contributed by atoms with E-state index in [1.54, 1.807) is 7.05 Å². The molecule has 0 heterocycles. The zero-order valence-corrected chi connectivity index (χ0v) is 8.86. The van der Waals surface area contributed by atoms with E-state index in [1.807, 2.05) is 0 Å². The minimum Gasteiger partial charge on any atom is -0.359 e. The molecule has 1 amide bonds. The highest BCUT2D eigenvalue weighted by atomic mass is 16.1. The van der Waals surface area contributed by atoms with Crippen LogP contribution in [0.4, 0.5) is 0 Å². The Labute approximate surface area is 81.3 Å². The molecule has 0 fully saturated rings. The molecule has 0 aliphatic carbocycles. The number of carbonyl (C=O) groups excluding carboxylic acids is 1. The Balaban J connectivity index is 2.95. The van der Waals surface area contributed by atoms with Crippen molar-refractivity contribution in [3.8, 4) is 0 Å². The molecule has 13 heavy (non-hydrogen) atoms. The van der Waals surface area contributed by atoms with E-state index in [9.17, 15) is 4.79 Å². The van der Waals surface area contributed by atoms with Gasteiger partial charge < -0.3 is 10.6 Å². The molecule has 0 aromatic rings. The molecule has 0 aromatic heterocycles. The van der Waals surface area contributed by atoms with Gasteiger partial charge in [-0.2, -0.15) is 0 Å². The van der Waals surface area contributed by atoms with E-state index in [0.717, 1.165) is 25.9 Å². The Bertz CT molecular complexity index is 126. The van der Waals surface area contributed by atoms with Gasteiger partial charge in [0.15, 0.2) is 0 Å². The fraction of sp³-hybridized carbons (Fsp3) is 0.900. The number of hydrogen-bond acceptors (Lipinski definition) is 2. The van der Waals surface area contributed by atoms with Gasteiger partial charge in [-0.3, -0.25) is 4.79 Å². The fourth-order valence-corrected chi connectivity index (χ4v) is 1.14. The van der Waals surface area contributed by atoms with E-state index in [-0.39, 0.29) is 5.91 Å². The third-order valence-electron chi connectivity index (χ3n) is 1.96. The monoisotopic (exact) mass is 186 g/mol. The molecule has 0 aromatic carbocycles.